The maximum absolute atomic E-state index is 11.7. The minimum atomic E-state index is -2.88. The van der Waals surface area contributed by atoms with Gasteiger partial charge in [-0.25, -0.2) is 13.1 Å². The van der Waals surface area contributed by atoms with E-state index in [0.29, 0.717) is 24.8 Å². The van der Waals surface area contributed by atoms with Gasteiger partial charge in [-0.2, -0.15) is 0 Å². The maximum Gasteiger partial charge on any atom is 0.243 e. The summed E-state index contributed by atoms with van der Waals surface area (Å²) in [7, 11) is -2.88. The summed E-state index contributed by atoms with van der Waals surface area (Å²) in [5.41, 5.74) is 1.11. The van der Waals surface area contributed by atoms with Gasteiger partial charge in [0.05, 0.1) is 18.1 Å². The minimum absolute atomic E-state index is 0.126. The van der Waals surface area contributed by atoms with Crippen LogP contribution in [0, 0.1) is 5.92 Å². The molecular formula is C14H19N5O2S. The quantitative estimate of drug-likeness (QED) is 0.882. The highest BCUT2D eigenvalue weighted by atomic mass is 32.2. The minimum Gasteiger partial charge on any atom is -0.353 e. The summed E-state index contributed by atoms with van der Waals surface area (Å²) in [6.07, 6.45) is 1.66. The Kier molecular flexibility index (Phi) is 4.37. The number of benzene rings is 1. The summed E-state index contributed by atoms with van der Waals surface area (Å²) < 4.78 is 25.0. The van der Waals surface area contributed by atoms with Gasteiger partial charge in [0.15, 0.2) is 9.84 Å². The standard InChI is InChI=1S/C14H19N5O2S/c20-22(21)8-4-7-13(11-22)9-15-14-16-17-18-19(14)10-12-5-2-1-3-6-12/h1-3,5-6,13H,4,7-11H2,(H,15,16,18). The molecule has 1 aliphatic heterocycles. The molecule has 2 aromatic rings. The van der Waals surface area contributed by atoms with Crippen LogP contribution in [0.3, 0.4) is 0 Å². The molecule has 8 heteroatoms. The van der Waals surface area contributed by atoms with Crippen LogP contribution in [0.25, 0.3) is 0 Å². The van der Waals surface area contributed by atoms with Gasteiger partial charge in [0.25, 0.3) is 0 Å². The Bertz CT molecular complexity index is 714. The average molecular weight is 321 g/mol. The van der Waals surface area contributed by atoms with Crippen molar-refractivity contribution in [3.8, 4) is 0 Å². The molecule has 0 radical (unpaired) electrons. The predicted molar refractivity (Wildman–Crippen MR) is 83.2 cm³/mol. The molecule has 1 aromatic heterocycles. The molecular weight excluding hydrogens is 302 g/mol. The van der Waals surface area contributed by atoms with Gasteiger partial charge in [-0.1, -0.05) is 35.4 Å². The zero-order valence-electron chi connectivity index (χ0n) is 12.2. The van der Waals surface area contributed by atoms with Crippen molar-refractivity contribution in [1.82, 2.24) is 20.2 Å². The Balaban J connectivity index is 1.61. The van der Waals surface area contributed by atoms with E-state index in [1.165, 1.54) is 0 Å². The molecule has 118 valence electrons. The second-order valence-corrected chi connectivity index (χ2v) is 7.88. The van der Waals surface area contributed by atoms with Gasteiger partial charge in [0.1, 0.15) is 0 Å². The number of anilines is 1. The highest BCUT2D eigenvalue weighted by Crippen LogP contribution is 2.18. The van der Waals surface area contributed by atoms with Crippen LogP contribution in [-0.2, 0) is 16.4 Å². The third-order valence-corrected chi connectivity index (χ3v) is 5.70. The molecule has 2 heterocycles. The summed E-state index contributed by atoms with van der Waals surface area (Å²) in [5, 5.41) is 14.8. The number of hydrogen-bond acceptors (Lipinski definition) is 6. The molecule has 1 fully saturated rings. The lowest BCUT2D eigenvalue weighted by Gasteiger charge is -2.22. The number of sulfone groups is 1. The number of nitrogens with one attached hydrogen (secondary N) is 1. The van der Waals surface area contributed by atoms with Gasteiger partial charge in [0, 0.05) is 6.54 Å². The van der Waals surface area contributed by atoms with Crippen LogP contribution in [0.5, 0.6) is 0 Å². The SMILES string of the molecule is O=S1(=O)CCCC(CNc2nnnn2Cc2ccccc2)C1. The van der Waals surface area contributed by atoms with Crippen LogP contribution in [0.1, 0.15) is 18.4 Å². The van der Waals surface area contributed by atoms with E-state index in [-0.39, 0.29) is 11.7 Å². The first-order valence-corrected chi connectivity index (χ1v) is 9.19. The summed E-state index contributed by atoms with van der Waals surface area (Å²) >= 11 is 0. The lowest BCUT2D eigenvalue weighted by atomic mass is 10.1. The number of nitrogens with zero attached hydrogens (tertiary/aromatic N) is 4. The molecule has 1 unspecified atom stereocenters. The molecule has 3 rings (SSSR count). The molecule has 1 atom stereocenters. The van der Waals surface area contributed by atoms with Gasteiger partial charge in [0.2, 0.25) is 5.95 Å². The van der Waals surface area contributed by atoms with Crippen LogP contribution < -0.4 is 5.32 Å². The van der Waals surface area contributed by atoms with Crippen LogP contribution in [0.2, 0.25) is 0 Å². The fraction of sp³-hybridized carbons (Fsp3) is 0.500. The van der Waals surface area contributed by atoms with Crippen molar-refractivity contribution in [1.29, 1.82) is 0 Å². The van der Waals surface area contributed by atoms with Gasteiger partial charge < -0.3 is 5.32 Å². The molecule has 0 aliphatic carbocycles. The van der Waals surface area contributed by atoms with Crippen LogP contribution in [0.15, 0.2) is 30.3 Å². The van der Waals surface area contributed by atoms with Gasteiger partial charge in [-0.15, -0.1) is 0 Å². The molecule has 1 aliphatic rings. The van der Waals surface area contributed by atoms with E-state index >= 15 is 0 Å². The van der Waals surface area contributed by atoms with E-state index in [1.54, 1.807) is 4.68 Å². The number of tetrazole rings is 1. The van der Waals surface area contributed by atoms with Crippen molar-refractivity contribution in [3.63, 3.8) is 0 Å². The second kappa shape index (κ2) is 6.43. The van der Waals surface area contributed by atoms with E-state index in [4.69, 9.17) is 0 Å². The highest BCUT2D eigenvalue weighted by molar-refractivity contribution is 7.91. The molecule has 0 amide bonds. The molecule has 0 spiro atoms. The van der Waals surface area contributed by atoms with Crippen molar-refractivity contribution in [2.24, 2.45) is 5.92 Å². The van der Waals surface area contributed by atoms with E-state index in [9.17, 15) is 8.42 Å². The highest BCUT2D eigenvalue weighted by Gasteiger charge is 2.24. The maximum atomic E-state index is 11.7. The number of rotatable bonds is 5. The van der Waals surface area contributed by atoms with Crippen molar-refractivity contribution in [2.45, 2.75) is 19.4 Å². The first kappa shape index (κ1) is 15.0. The molecule has 1 saturated heterocycles. The smallest absolute Gasteiger partial charge is 0.243 e. The second-order valence-electron chi connectivity index (χ2n) is 5.65. The van der Waals surface area contributed by atoms with Gasteiger partial charge >= 0.3 is 0 Å². The summed E-state index contributed by atoms with van der Waals surface area (Å²) in [5.74, 6) is 1.27. The lowest BCUT2D eigenvalue weighted by molar-refractivity contribution is 0.500. The van der Waals surface area contributed by atoms with E-state index < -0.39 is 9.84 Å². The Morgan fingerprint density at radius 1 is 1.27 bits per heavy atom. The first-order valence-electron chi connectivity index (χ1n) is 7.37. The Morgan fingerprint density at radius 2 is 2.09 bits per heavy atom. The number of aromatic nitrogens is 4. The van der Waals surface area contributed by atoms with Crippen molar-refractivity contribution >= 4 is 15.8 Å². The van der Waals surface area contributed by atoms with Gasteiger partial charge in [-0.3, -0.25) is 0 Å². The molecule has 22 heavy (non-hydrogen) atoms. The lowest BCUT2D eigenvalue weighted by Crippen LogP contribution is -2.30. The Morgan fingerprint density at radius 3 is 2.86 bits per heavy atom. The Hall–Kier alpha value is -1.96. The molecule has 0 saturated carbocycles. The zero-order valence-corrected chi connectivity index (χ0v) is 13.0. The monoisotopic (exact) mass is 321 g/mol. The molecule has 1 aromatic carbocycles. The summed E-state index contributed by atoms with van der Waals surface area (Å²) in [4.78, 5) is 0. The van der Waals surface area contributed by atoms with Crippen molar-refractivity contribution < 1.29 is 8.42 Å². The van der Waals surface area contributed by atoms with Crippen LogP contribution >= 0.6 is 0 Å². The fourth-order valence-electron chi connectivity index (χ4n) is 2.71. The topological polar surface area (TPSA) is 89.8 Å². The predicted octanol–water partition coefficient (Wildman–Crippen LogP) is 0.958. The fourth-order valence-corrected chi connectivity index (χ4v) is 4.48. The average Bonchev–Trinajstić information content (AvgIpc) is 2.92. The van der Waals surface area contributed by atoms with Gasteiger partial charge in [-0.05, 0) is 34.7 Å². The van der Waals surface area contributed by atoms with Crippen molar-refractivity contribution in [3.05, 3.63) is 35.9 Å². The molecule has 1 N–H and O–H groups in total. The van der Waals surface area contributed by atoms with E-state index in [2.05, 4.69) is 20.8 Å². The normalized spacial score (nSPS) is 20.6. The molecule has 0 bridgehead atoms. The summed E-state index contributed by atoms with van der Waals surface area (Å²) in [6.45, 7) is 1.16. The van der Waals surface area contributed by atoms with Crippen LogP contribution in [0.4, 0.5) is 5.95 Å². The van der Waals surface area contributed by atoms with Crippen molar-refractivity contribution in [2.75, 3.05) is 23.4 Å². The number of hydrogen-bond donors (Lipinski definition) is 1. The Labute approximate surface area is 129 Å². The first-order chi connectivity index (χ1) is 10.6. The zero-order chi connectivity index (χ0) is 15.4. The largest absolute Gasteiger partial charge is 0.353 e. The summed E-state index contributed by atoms with van der Waals surface area (Å²) in [6, 6.07) is 9.93. The third kappa shape index (κ3) is 3.82. The molecule has 7 nitrogen and oxygen atoms in total. The van der Waals surface area contributed by atoms with E-state index in [0.717, 1.165) is 18.4 Å². The third-order valence-electron chi connectivity index (χ3n) is 3.81. The van der Waals surface area contributed by atoms with E-state index in [1.807, 2.05) is 30.3 Å². The van der Waals surface area contributed by atoms with Crippen LogP contribution in [-0.4, -0.2) is 46.7 Å².